The monoisotopic (exact) mass is 413 g/mol. The number of amides is 2. The maximum Gasteiger partial charge on any atom is 0.240 e. The van der Waals surface area contributed by atoms with E-state index in [2.05, 4.69) is 10.0 Å². The maximum absolute atomic E-state index is 12.7. The van der Waals surface area contributed by atoms with Crippen molar-refractivity contribution >= 4 is 33.2 Å². The molecule has 0 aromatic heterocycles. The van der Waals surface area contributed by atoms with E-state index in [0.717, 1.165) is 24.1 Å². The highest BCUT2D eigenvalue weighted by atomic mass is 32.2. The quantitative estimate of drug-likeness (QED) is 0.760. The molecule has 8 heteroatoms. The average molecular weight is 413 g/mol. The molecule has 2 aliphatic rings. The molecule has 29 heavy (non-hydrogen) atoms. The Morgan fingerprint density at radius 3 is 2.52 bits per heavy atom. The highest BCUT2D eigenvalue weighted by molar-refractivity contribution is 7.89. The van der Waals surface area contributed by atoms with Crippen LogP contribution in [0.2, 0.25) is 0 Å². The van der Waals surface area contributed by atoms with Crippen LogP contribution in [-0.2, 0) is 19.6 Å². The van der Waals surface area contributed by atoms with Crippen molar-refractivity contribution in [2.75, 3.05) is 16.8 Å². The molecule has 1 saturated carbocycles. The predicted octanol–water partition coefficient (Wildman–Crippen LogP) is 2.43. The lowest BCUT2D eigenvalue weighted by Crippen LogP contribution is -2.28. The first kappa shape index (κ1) is 19.6. The van der Waals surface area contributed by atoms with Gasteiger partial charge in [-0.15, -0.1) is 0 Å². The van der Waals surface area contributed by atoms with Crippen molar-refractivity contribution in [2.24, 2.45) is 5.92 Å². The van der Waals surface area contributed by atoms with Crippen LogP contribution in [0.1, 0.15) is 24.8 Å². The Labute approximate surface area is 170 Å². The molecule has 2 amide bonds. The van der Waals surface area contributed by atoms with Gasteiger partial charge in [0, 0.05) is 30.4 Å². The summed E-state index contributed by atoms with van der Waals surface area (Å²) in [5.74, 6) is -0.884. The van der Waals surface area contributed by atoms with Gasteiger partial charge in [0.2, 0.25) is 21.8 Å². The van der Waals surface area contributed by atoms with Gasteiger partial charge in [-0.3, -0.25) is 9.59 Å². The van der Waals surface area contributed by atoms with Gasteiger partial charge < -0.3 is 10.2 Å². The molecule has 0 bridgehead atoms. The number of carbonyl (C=O) groups is 2. The van der Waals surface area contributed by atoms with Gasteiger partial charge in [0.05, 0.1) is 10.8 Å². The Hall–Kier alpha value is -2.71. The summed E-state index contributed by atoms with van der Waals surface area (Å²) in [6.45, 7) is 2.27. The number of aryl methyl sites for hydroxylation is 1. The third kappa shape index (κ3) is 4.49. The molecular weight excluding hydrogens is 390 g/mol. The zero-order valence-electron chi connectivity index (χ0n) is 16.1. The molecule has 152 valence electrons. The van der Waals surface area contributed by atoms with Crippen molar-refractivity contribution in [1.82, 2.24) is 4.72 Å². The molecular formula is C21H23N3O4S. The second-order valence-electron chi connectivity index (χ2n) is 7.65. The number of anilines is 2. The van der Waals surface area contributed by atoms with E-state index in [9.17, 15) is 18.0 Å². The van der Waals surface area contributed by atoms with E-state index in [4.69, 9.17) is 0 Å². The third-order valence-corrected chi connectivity index (χ3v) is 6.67. The van der Waals surface area contributed by atoms with Crippen LogP contribution in [0.25, 0.3) is 0 Å². The van der Waals surface area contributed by atoms with Crippen LogP contribution < -0.4 is 14.9 Å². The van der Waals surface area contributed by atoms with Gasteiger partial charge in [0.15, 0.2) is 0 Å². The molecule has 2 aromatic rings. The summed E-state index contributed by atoms with van der Waals surface area (Å²) in [4.78, 5) is 26.8. The summed E-state index contributed by atoms with van der Waals surface area (Å²) >= 11 is 0. The number of benzene rings is 2. The zero-order chi connectivity index (χ0) is 20.6. The van der Waals surface area contributed by atoms with E-state index in [1.54, 1.807) is 17.0 Å². The summed E-state index contributed by atoms with van der Waals surface area (Å²) in [6, 6.07) is 13.8. The van der Waals surface area contributed by atoms with Crippen molar-refractivity contribution in [3.05, 3.63) is 54.1 Å². The highest BCUT2D eigenvalue weighted by Gasteiger charge is 2.35. The molecule has 2 aromatic carbocycles. The second kappa shape index (κ2) is 7.61. The normalized spacial score (nSPS) is 19.4. The van der Waals surface area contributed by atoms with Crippen molar-refractivity contribution < 1.29 is 18.0 Å². The minimum absolute atomic E-state index is 0.00973. The molecule has 1 aliphatic heterocycles. The first-order valence-corrected chi connectivity index (χ1v) is 11.1. The first-order valence-electron chi connectivity index (χ1n) is 9.62. The topological polar surface area (TPSA) is 95.6 Å². The van der Waals surface area contributed by atoms with Crippen LogP contribution in [0.3, 0.4) is 0 Å². The maximum atomic E-state index is 12.7. The summed E-state index contributed by atoms with van der Waals surface area (Å²) in [5, 5.41) is 2.76. The number of rotatable bonds is 6. The van der Waals surface area contributed by atoms with Crippen LogP contribution in [-0.4, -0.2) is 32.8 Å². The van der Waals surface area contributed by atoms with Gasteiger partial charge in [-0.25, -0.2) is 13.1 Å². The van der Waals surface area contributed by atoms with Gasteiger partial charge in [-0.05, 0) is 50.1 Å². The Kier molecular flexibility index (Phi) is 5.14. The minimum Gasteiger partial charge on any atom is -0.326 e. The van der Waals surface area contributed by atoms with Crippen LogP contribution in [0, 0.1) is 12.8 Å². The molecule has 0 radical (unpaired) electrons. The van der Waals surface area contributed by atoms with Gasteiger partial charge in [0.1, 0.15) is 0 Å². The lowest BCUT2D eigenvalue weighted by atomic mass is 10.1. The smallest absolute Gasteiger partial charge is 0.240 e. The molecule has 4 rings (SSSR count). The lowest BCUT2D eigenvalue weighted by Gasteiger charge is -2.17. The van der Waals surface area contributed by atoms with E-state index in [-0.39, 0.29) is 29.2 Å². The lowest BCUT2D eigenvalue weighted by molar-refractivity contribution is -0.122. The van der Waals surface area contributed by atoms with E-state index in [1.807, 2.05) is 31.2 Å². The molecule has 1 aliphatic carbocycles. The number of nitrogens with one attached hydrogen (secondary N) is 2. The van der Waals surface area contributed by atoms with E-state index < -0.39 is 15.9 Å². The molecule has 1 heterocycles. The van der Waals surface area contributed by atoms with Crippen LogP contribution in [0.15, 0.2) is 53.4 Å². The van der Waals surface area contributed by atoms with Gasteiger partial charge in [0.25, 0.3) is 0 Å². The van der Waals surface area contributed by atoms with Crippen molar-refractivity contribution in [3.8, 4) is 0 Å². The van der Waals surface area contributed by atoms with Crippen molar-refractivity contribution in [3.63, 3.8) is 0 Å². The van der Waals surface area contributed by atoms with Crippen molar-refractivity contribution in [1.29, 1.82) is 0 Å². The largest absolute Gasteiger partial charge is 0.326 e. The molecule has 7 nitrogen and oxygen atoms in total. The molecule has 0 unspecified atom stereocenters. The van der Waals surface area contributed by atoms with E-state index in [1.165, 1.54) is 12.1 Å². The fourth-order valence-corrected chi connectivity index (χ4v) is 4.68. The molecule has 1 saturated heterocycles. The highest BCUT2D eigenvalue weighted by Crippen LogP contribution is 2.27. The van der Waals surface area contributed by atoms with E-state index >= 15 is 0 Å². The van der Waals surface area contributed by atoms with Crippen LogP contribution in [0.5, 0.6) is 0 Å². The van der Waals surface area contributed by atoms with Gasteiger partial charge in [-0.2, -0.15) is 0 Å². The second-order valence-corrected chi connectivity index (χ2v) is 9.37. The summed E-state index contributed by atoms with van der Waals surface area (Å²) < 4.78 is 27.4. The van der Waals surface area contributed by atoms with Gasteiger partial charge in [-0.1, -0.05) is 23.8 Å². The number of sulfonamides is 1. The number of nitrogens with zero attached hydrogens (tertiary/aromatic N) is 1. The average Bonchev–Trinajstić information content (AvgIpc) is 3.40. The Morgan fingerprint density at radius 2 is 1.83 bits per heavy atom. The first-order chi connectivity index (χ1) is 13.8. The Balaban J connectivity index is 1.44. The fourth-order valence-electron chi connectivity index (χ4n) is 3.33. The van der Waals surface area contributed by atoms with Crippen molar-refractivity contribution in [2.45, 2.75) is 37.1 Å². The van der Waals surface area contributed by atoms with Crippen LogP contribution >= 0.6 is 0 Å². The van der Waals surface area contributed by atoms with E-state index in [0.29, 0.717) is 12.2 Å². The number of hydrogen-bond donors (Lipinski definition) is 2. The molecule has 2 fully saturated rings. The standard InChI is InChI=1S/C21H23N3O4S/c1-14-5-9-18(10-6-14)24-13-15(11-20(24)25)21(26)22-17-3-2-4-19(12-17)29(27,28)23-16-7-8-16/h2-6,9-10,12,15-16,23H,7-8,11,13H2,1H3,(H,22,26)/t15-/m0/s1. The Morgan fingerprint density at radius 1 is 1.10 bits per heavy atom. The van der Waals surface area contributed by atoms with Gasteiger partial charge >= 0.3 is 0 Å². The fraction of sp³-hybridized carbons (Fsp3) is 0.333. The summed E-state index contributed by atoms with van der Waals surface area (Å²) in [6.07, 6.45) is 1.83. The predicted molar refractivity (Wildman–Crippen MR) is 110 cm³/mol. The minimum atomic E-state index is -3.60. The zero-order valence-corrected chi connectivity index (χ0v) is 16.9. The van der Waals surface area contributed by atoms with Crippen LogP contribution in [0.4, 0.5) is 11.4 Å². The number of carbonyl (C=O) groups excluding carboxylic acids is 2. The molecule has 2 N–H and O–H groups in total. The molecule has 0 spiro atoms. The summed E-state index contributed by atoms with van der Waals surface area (Å²) in [7, 11) is -3.60. The Bertz CT molecular complexity index is 1050. The third-order valence-electron chi connectivity index (χ3n) is 5.15. The molecule has 1 atom stereocenters. The SMILES string of the molecule is Cc1ccc(N2C[C@@H](C(=O)Nc3cccc(S(=O)(=O)NC4CC4)c3)CC2=O)cc1. The number of hydrogen-bond acceptors (Lipinski definition) is 4. The summed E-state index contributed by atoms with van der Waals surface area (Å²) in [5.41, 5.74) is 2.27.